The predicted octanol–water partition coefficient (Wildman–Crippen LogP) is 2.71. The molecule has 0 spiro atoms. The van der Waals surface area contributed by atoms with E-state index in [-0.39, 0.29) is 18.7 Å². The molecule has 1 saturated heterocycles. The summed E-state index contributed by atoms with van der Waals surface area (Å²) in [7, 11) is 0. The molecule has 5 rings (SSSR count). The summed E-state index contributed by atoms with van der Waals surface area (Å²) in [5.41, 5.74) is 2.06. The van der Waals surface area contributed by atoms with Crippen LogP contribution in [0.3, 0.4) is 0 Å². The number of nitrogens with one attached hydrogen (secondary N) is 1. The largest absolute Gasteiger partial charge is 0.484 e. The van der Waals surface area contributed by atoms with Crippen LogP contribution in [-0.4, -0.2) is 81.9 Å². The second kappa shape index (κ2) is 9.21. The van der Waals surface area contributed by atoms with Crippen molar-refractivity contribution in [2.75, 3.05) is 49.5 Å². The predicted molar refractivity (Wildman–Crippen MR) is 127 cm³/mol. The van der Waals surface area contributed by atoms with Gasteiger partial charge in [-0.25, -0.2) is 18.3 Å². The number of hydrogen-bond acceptors (Lipinski definition) is 7. The highest BCUT2D eigenvalue weighted by Crippen LogP contribution is 2.42. The van der Waals surface area contributed by atoms with Crippen molar-refractivity contribution < 1.29 is 23.4 Å². The Labute approximate surface area is 205 Å². The molecule has 35 heavy (non-hydrogen) atoms. The number of fused-ring (bicyclic) bond motifs is 2. The number of hydrogen-bond donors (Lipinski definition) is 2. The minimum atomic E-state index is -2.38. The number of carbonyl (C=O) groups is 1. The average molecular weight is 507 g/mol. The number of aromatic nitrogens is 3. The van der Waals surface area contributed by atoms with Gasteiger partial charge >= 0.3 is 0 Å². The first kappa shape index (κ1) is 23.7. The van der Waals surface area contributed by atoms with Crippen molar-refractivity contribution in [3.05, 3.63) is 46.9 Å². The van der Waals surface area contributed by atoms with Crippen LogP contribution in [0, 0.1) is 0 Å². The first-order chi connectivity index (χ1) is 16.7. The Balaban J connectivity index is 1.45. The highest BCUT2D eigenvalue weighted by Gasteiger charge is 2.36. The van der Waals surface area contributed by atoms with Crippen LogP contribution < -0.4 is 15.0 Å². The molecule has 9 nitrogen and oxygen atoms in total. The summed E-state index contributed by atoms with van der Waals surface area (Å²) < 4.78 is 33.1. The maximum atomic E-state index is 13.2. The fourth-order valence-corrected chi connectivity index (χ4v) is 4.71. The van der Waals surface area contributed by atoms with Gasteiger partial charge in [-0.15, -0.1) is 0 Å². The van der Waals surface area contributed by atoms with Gasteiger partial charge in [0.2, 0.25) is 0 Å². The second-order valence-electron chi connectivity index (χ2n) is 9.10. The molecule has 2 aliphatic rings. The fourth-order valence-electron chi connectivity index (χ4n) is 4.57. The van der Waals surface area contributed by atoms with Crippen LogP contribution in [0.5, 0.6) is 5.75 Å². The molecule has 1 aromatic carbocycles. The van der Waals surface area contributed by atoms with E-state index in [1.807, 2.05) is 24.0 Å². The lowest BCUT2D eigenvalue weighted by molar-refractivity contribution is 0.0447. The van der Waals surface area contributed by atoms with Gasteiger partial charge < -0.3 is 20.1 Å². The Bertz CT molecular complexity index is 1260. The van der Waals surface area contributed by atoms with Crippen molar-refractivity contribution in [2.45, 2.75) is 25.4 Å². The van der Waals surface area contributed by atoms with E-state index >= 15 is 0 Å². The van der Waals surface area contributed by atoms with Gasteiger partial charge in [0, 0.05) is 50.4 Å². The number of piperazine rings is 1. The van der Waals surface area contributed by atoms with Crippen LogP contribution >= 0.6 is 11.6 Å². The Morgan fingerprint density at radius 3 is 2.77 bits per heavy atom. The van der Waals surface area contributed by atoms with Gasteiger partial charge in [-0.05, 0) is 13.0 Å². The molecule has 12 heteroatoms. The molecule has 0 unspecified atom stereocenters. The first-order valence-electron chi connectivity index (χ1n) is 11.3. The van der Waals surface area contributed by atoms with E-state index in [1.165, 1.54) is 16.9 Å². The fraction of sp³-hybridized carbons (Fsp3) is 0.435. The third-order valence-corrected chi connectivity index (χ3v) is 6.56. The molecular formula is C23H25ClF2N6O3. The Hall–Kier alpha value is -3.02. The highest BCUT2D eigenvalue weighted by molar-refractivity contribution is 6.30. The van der Waals surface area contributed by atoms with Crippen LogP contribution in [0.15, 0.2) is 30.7 Å². The highest BCUT2D eigenvalue weighted by atomic mass is 35.5. The lowest BCUT2D eigenvalue weighted by atomic mass is 9.99. The summed E-state index contributed by atoms with van der Waals surface area (Å²) in [4.78, 5) is 21.2. The number of ether oxygens (including phenoxy) is 1. The summed E-state index contributed by atoms with van der Waals surface area (Å²) >= 11 is 5.97. The van der Waals surface area contributed by atoms with Crippen LogP contribution in [0.1, 0.15) is 22.8 Å². The van der Waals surface area contributed by atoms with E-state index in [9.17, 15) is 18.7 Å². The number of aliphatic hydroxyl groups excluding tert-OH is 1. The van der Waals surface area contributed by atoms with Gasteiger partial charge in [0.25, 0.3) is 12.3 Å². The van der Waals surface area contributed by atoms with Crippen molar-refractivity contribution in [1.82, 2.24) is 19.5 Å². The van der Waals surface area contributed by atoms with Gasteiger partial charge in [0.15, 0.2) is 5.65 Å². The van der Waals surface area contributed by atoms with E-state index in [4.69, 9.17) is 16.3 Å². The maximum Gasteiger partial charge on any atom is 0.261 e. The molecular weight excluding hydrogens is 482 g/mol. The summed E-state index contributed by atoms with van der Waals surface area (Å²) in [6, 6.07) is 3.70. The Morgan fingerprint density at radius 1 is 1.29 bits per heavy atom. The minimum Gasteiger partial charge on any atom is -0.484 e. The Kier molecular flexibility index (Phi) is 6.24. The summed E-state index contributed by atoms with van der Waals surface area (Å²) in [5, 5.41) is 17.3. The van der Waals surface area contributed by atoms with Crippen molar-refractivity contribution in [1.29, 1.82) is 0 Å². The number of carbonyl (C=O) groups excluding carboxylic acids is 1. The zero-order valence-corrected chi connectivity index (χ0v) is 19.8. The molecule has 2 aliphatic heterocycles. The first-order valence-corrected chi connectivity index (χ1v) is 11.6. The van der Waals surface area contributed by atoms with E-state index < -0.39 is 17.9 Å². The monoisotopic (exact) mass is 506 g/mol. The molecule has 2 N–H and O–H groups in total. The molecule has 186 valence electrons. The Morgan fingerprint density at radius 2 is 2.06 bits per heavy atom. The standard InChI is InChI=1S/C23H25ClF2N6O3/c1-23(13-33)8-14-6-17(29-22(34)16-10-28-32-11-15(24)9-27-21(16)32)18(7-19(14)35-23)31-4-2-30(3-5-31)12-20(25)26/h6-7,9-11,20,33H,2-5,8,12-13H2,1H3,(H,29,34)/t23-/m0/s1. The van der Waals surface area contributed by atoms with Crippen molar-refractivity contribution in [2.24, 2.45) is 0 Å². The zero-order valence-electron chi connectivity index (χ0n) is 19.0. The van der Waals surface area contributed by atoms with E-state index in [0.717, 1.165) is 11.3 Å². The van der Waals surface area contributed by atoms with Crippen molar-refractivity contribution in [3.8, 4) is 5.75 Å². The topological polar surface area (TPSA) is 95.2 Å². The molecule has 0 radical (unpaired) electrons. The van der Waals surface area contributed by atoms with Crippen LogP contribution in [0.25, 0.3) is 5.65 Å². The van der Waals surface area contributed by atoms with Gasteiger partial charge in [-0.1, -0.05) is 11.6 Å². The number of aliphatic hydroxyl groups is 1. The normalized spacial score (nSPS) is 20.3. The van der Waals surface area contributed by atoms with Gasteiger partial charge in [0.1, 0.15) is 16.9 Å². The smallest absolute Gasteiger partial charge is 0.261 e. The minimum absolute atomic E-state index is 0.151. The SMILES string of the molecule is C[C@@]1(CO)Cc2cc(NC(=O)c3cnn4cc(Cl)cnc34)c(N3CCN(CC(F)F)CC3)cc2O1. The summed E-state index contributed by atoms with van der Waals surface area (Å²) in [6.07, 6.45) is 2.54. The van der Waals surface area contributed by atoms with Crippen LogP contribution in [0.4, 0.5) is 20.2 Å². The van der Waals surface area contributed by atoms with Gasteiger partial charge in [-0.2, -0.15) is 5.10 Å². The quantitative estimate of drug-likeness (QED) is 0.531. The van der Waals surface area contributed by atoms with Crippen LogP contribution in [0.2, 0.25) is 5.02 Å². The number of rotatable bonds is 6. The third kappa shape index (κ3) is 4.75. The number of anilines is 2. The van der Waals surface area contributed by atoms with E-state index in [2.05, 4.69) is 15.4 Å². The number of halogens is 3. The zero-order chi connectivity index (χ0) is 24.7. The number of amides is 1. The molecule has 0 aliphatic carbocycles. The van der Waals surface area contributed by atoms with Gasteiger partial charge in [0.05, 0.1) is 41.9 Å². The summed E-state index contributed by atoms with van der Waals surface area (Å²) in [5.74, 6) is 0.244. The van der Waals surface area contributed by atoms with E-state index in [1.54, 1.807) is 11.1 Å². The molecule has 2 aromatic heterocycles. The maximum absolute atomic E-state index is 13.2. The van der Waals surface area contributed by atoms with Gasteiger partial charge in [-0.3, -0.25) is 9.69 Å². The molecule has 1 atom stereocenters. The van der Waals surface area contributed by atoms with Crippen LogP contribution in [-0.2, 0) is 6.42 Å². The summed E-state index contributed by atoms with van der Waals surface area (Å²) in [6.45, 7) is 3.40. The molecule has 4 heterocycles. The number of benzene rings is 1. The number of alkyl halides is 2. The second-order valence-corrected chi connectivity index (χ2v) is 9.53. The molecule has 1 fully saturated rings. The van der Waals surface area contributed by atoms with Crippen molar-refractivity contribution in [3.63, 3.8) is 0 Å². The lowest BCUT2D eigenvalue weighted by Crippen LogP contribution is -2.48. The molecule has 0 bridgehead atoms. The molecule has 3 aromatic rings. The average Bonchev–Trinajstić information content (AvgIpc) is 3.38. The van der Waals surface area contributed by atoms with E-state index in [0.29, 0.717) is 54.7 Å². The number of nitrogens with zero attached hydrogens (tertiary/aromatic N) is 5. The molecule has 0 saturated carbocycles. The lowest BCUT2D eigenvalue weighted by Gasteiger charge is -2.37. The molecule has 1 amide bonds. The third-order valence-electron chi connectivity index (χ3n) is 6.36. The van der Waals surface area contributed by atoms with Crippen molar-refractivity contribution >= 4 is 34.5 Å².